The first-order valence-corrected chi connectivity index (χ1v) is 8.80. The molecule has 2 aromatic carbocycles. The molecular formula is C19H15F3O5S. The Morgan fingerprint density at radius 1 is 1.14 bits per heavy atom. The van der Waals surface area contributed by atoms with Crippen LogP contribution < -0.4 is 8.92 Å². The minimum atomic E-state index is -4.53. The molecule has 1 aromatic heterocycles. The lowest BCUT2D eigenvalue weighted by Crippen LogP contribution is -2.07. The van der Waals surface area contributed by atoms with Gasteiger partial charge in [-0.2, -0.15) is 13.2 Å². The number of furan rings is 1. The number of rotatable bonds is 7. The van der Waals surface area contributed by atoms with Crippen LogP contribution in [0.15, 0.2) is 53.1 Å². The van der Waals surface area contributed by atoms with Crippen LogP contribution in [-0.4, -0.2) is 18.6 Å². The Balaban J connectivity index is 1.79. The normalized spacial score (nSPS) is 11.4. The summed E-state index contributed by atoms with van der Waals surface area (Å²) in [6.45, 7) is 0.0435. The second kappa shape index (κ2) is 8.47. The molecule has 0 bridgehead atoms. The molecule has 5 nitrogen and oxygen atoms in total. The smallest absolute Gasteiger partial charge is 0.479 e. The van der Waals surface area contributed by atoms with Crippen molar-refractivity contribution in [3.05, 3.63) is 59.9 Å². The molecule has 3 aromatic rings. The number of hydrogen-bond donors (Lipinski definition) is 0. The van der Waals surface area contributed by atoms with Crippen LogP contribution in [0, 0.1) is 0 Å². The number of halogens is 3. The standard InChI is InChI=1S/C19H15F3O5S/c1-24-18(23)10-13-4-2-3-5-15(13)26-11-12-8-16-14(6-7-25-16)17(9-12)27-28-19(20,21)22/h2-9H,10-11H2,1H3. The molecule has 0 N–H and O–H groups in total. The molecule has 9 heteroatoms. The van der Waals surface area contributed by atoms with Crippen LogP contribution in [0.25, 0.3) is 11.0 Å². The molecule has 3 rings (SSSR count). The van der Waals surface area contributed by atoms with Gasteiger partial charge in [-0.05, 0) is 29.8 Å². The highest BCUT2D eigenvalue weighted by molar-refractivity contribution is 7.95. The summed E-state index contributed by atoms with van der Waals surface area (Å²) >= 11 is -0.594. The van der Waals surface area contributed by atoms with Gasteiger partial charge in [-0.25, -0.2) is 0 Å². The quantitative estimate of drug-likeness (QED) is 0.389. The van der Waals surface area contributed by atoms with E-state index in [0.717, 1.165) is 0 Å². The highest BCUT2D eigenvalue weighted by Gasteiger charge is 2.32. The van der Waals surface area contributed by atoms with Crippen LogP contribution >= 0.6 is 12.0 Å². The predicted molar refractivity (Wildman–Crippen MR) is 97.0 cm³/mol. The van der Waals surface area contributed by atoms with Crippen LogP contribution in [0.1, 0.15) is 11.1 Å². The Hall–Kier alpha value is -2.81. The fraction of sp³-hybridized carbons (Fsp3) is 0.211. The van der Waals surface area contributed by atoms with Crippen molar-refractivity contribution in [1.82, 2.24) is 0 Å². The lowest BCUT2D eigenvalue weighted by atomic mass is 10.1. The third kappa shape index (κ3) is 5.13. The van der Waals surface area contributed by atoms with E-state index in [4.69, 9.17) is 13.3 Å². The molecular weight excluding hydrogens is 397 g/mol. The van der Waals surface area contributed by atoms with Crippen molar-refractivity contribution in [2.75, 3.05) is 7.11 Å². The Bertz CT molecular complexity index is 968. The van der Waals surface area contributed by atoms with Crippen molar-refractivity contribution in [1.29, 1.82) is 0 Å². The molecule has 0 fully saturated rings. The summed E-state index contributed by atoms with van der Waals surface area (Å²) in [5, 5.41) is 0.423. The Kier molecular flexibility index (Phi) is 6.03. The van der Waals surface area contributed by atoms with Crippen molar-refractivity contribution in [3.63, 3.8) is 0 Å². The minimum Gasteiger partial charge on any atom is -0.489 e. The summed E-state index contributed by atoms with van der Waals surface area (Å²) in [4.78, 5) is 11.5. The van der Waals surface area contributed by atoms with E-state index < -0.39 is 23.5 Å². The second-order valence-corrected chi connectivity index (χ2v) is 6.48. The lowest BCUT2D eigenvalue weighted by molar-refractivity contribution is -0.139. The number of carbonyl (C=O) groups is 1. The molecule has 148 valence electrons. The summed E-state index contributed by atoms with van der Waals surface area (Å²) in [6, 6.07) is 11.6. The molecule has 0 atom stereocenters. The number of hydrogen-bond acceptors (Lipinski definition) is 6. The van der Waals surface area contributed by atoms with Gasteiger partial charge in [-0.15, -0.1) is 0 Å². The lowest BCUT2D eigenvalue weighted by Gasteiger charge is -2.12. The van der Waals surface area contributed by atoms with E-state index in [0.29, 0.717) is 27.8 Å². The topological polar surface area (TPSA) is 57.9 Å². The van der Waals surface area contributed by atoms with Crippen LogP contribution in [0.2, 0.25) is 0 Å². The first-order chi connectivity index (χ1) is 13.4. The van der Waals surface area contributed by atoms with Gasteiger partial charge in [0.25, 0.3) is 0 Å². The molecule has 0 aliphatic carbocycles. The number of ether oxygens (including phenoxy) is 2. The van der Waals surface area contributed by atoms with Crippen molar-refractivity contribution >= 4 is 29.0 Å². The average Bonchev–Trinajstić information content (AvgIpc) is 3.13. The molecule has 0 aliphatic rings. The largest absolute Gasteiger partial charge is 0.489 e. The average molecular weight is 412 g/mol. The summed E-state index contributed by atoms with van der Waals surface area (Å²) in [5.41, 5.74) is -2.97. The van der Waals surface area contributed by atoms with E-state index in [9.17, 15) is 18.0 Å². The summed E-state index contributed by atoms with van der Waals surface area (Å²) < 4.78 is 58.0. The van der Waals surface area contributed by atoms with E-state index in [-0.39, 0.29) is 18.8 Å². The van der Waals surface area contributed by atoms with Gasteiger partial charge < -0.3 is 18.1 Å². The second-order valence-electron chi connectivity index (χ2n) is 5.69. The zero-order valence-corrected chi connectivity index (χ0v) is 15.4. The summed E-state index contributed by atoms with van der Waals surface area (Å²) in [5.74, 6) is 0.0857. The van der Waals surface area contributed by atoms with E-state index >= 15 is 0 Å². The number of carbonyl (C=O) groups excluding carboxylic acids is 1. The van der Waals surface area contributed by atoms with E-state index in [1.165, 1.54) is 25.5 Å². The van der Waals surface area contributed by atoms with Gasteiger partial charge in [0.05, 0.1) is 25.2 Å². The highest BCUT2D eigenvalue weighted by atomic mass is 32.2. The highest BCUT2D eigenvalue weighted by Crippen LogP contribution is 2.37. The maximum Gasteiger partial charge on any atom is 0.479 e. The van der Waals surface area contributed by atoms with Gasteiger partial charge in [0.15, 0.2) is 12.0 Å². The third-order valence-electron chi connectivity index (χ3n) is 3.75. The van der Waals surface area contributed by atoms with Crippen molar-refractivity contribution < 1.29 is 36.0 Å². The maximum absolute atomic E-state index is 12.5. The van der Waals surface area contributed by atoms with Gasteiger partial charge >= 0.3 is 11.5 Å². The number of alkyl halides is 3. The first-order valence-electron chi connectivity index (χ1n) is 8.06. The molecule has 0 saturated heterocycles. The molecule has 1 heterocycles. The number of esters is 1. The molecule has 0 unspecified atom stereocenters. The van der Waals surface area contributed by atoms with Gasteiger partial charge in [-0.3, -0.25) is 4.79 Å². The Morgan fingerprint density at radius 3 is 2.68 bits per heavy atom. The number of benzene rings is 2. The molecule has 0 radical (unpaired) electrons. The van der Waals surface area contributed by atoms with Gasteiger partial charge in [-0.1, -0.05) is 18.2 Å². The third-order valence-corrected chi connectivity index (χ3v) is 4.20. The van der Waals surface area contributed by atoms with E-state index in [1.54, 1.807) is 30.3 Å². The van der Waals surface area contributed by atoms with Crippen molar-refractivity contribution in [2.24, 2.45) is 0 Å². The van der Waals surface area contributed by atoms with Crippen LogP contribution in [-0.2, 0) is 22.6 Å². The first kappa shape index (κ1) is 19.9. The van der Waals surface area contributed by atoms with Crippen molar-refractivity contribution in [3.8, 4) is 11.5 Å². The number of fused-ring (bicyclic) bond motifs is 1. The summed E-state index contributed by atoms with van der Waals surface area (Å²) in [6.07, 6.45) is 1.41. The van der Waals surface area contributed by atoms with Crippen LogP contribution in [0.4, 0.5) is 13.2 Å². The molecule has 28 heavy (non-hydrogen) atoms. The van der Waals surface area contributed by atoms with Gasteiger partial charge in [0.2, 0.25) is 0 Å². The zero-order valence-electron chi connectivity index (χ0n) is 14.6. The Labute approximate surface area is 162 Å². The monoisotopic (exact) mass is 412 g/mol. The fourth-order valence-electron chi connectivity index (χ4n) is 2.52. The molecule has 0 saturated carbocycles. The fourth-order valence-corrected chi connectivity index (χ4v) is 2.84. The van der Waals surface area contributed by atoms with Gasteiger partial charge in [0.1, 0.15) is 23.7 Å². The van der Waals surface area contributed by atoms with E-state index in [1.807, 2.05) is 0 Å². The van der Waals surface area contributed by atoms with E-state index in [2.05, 4.69) is 4.74 Å². The van der Waals surface area contributed by atoms with Gasteiger partial charge in [0, 0.05) is 5.56 Å². The number of para-hydroxylation sites is 1. The van der Waals surface area contributed by atoms with Crippen LogP contribution in [0.5, 0.6) is 11.5 Å². The number of methoxy groups -OCH3 is 1. The SMILES string of the molecule is COC(=O)Cc1ccccc1OCc1cc(OSC(F)(F)F)c2ccoc2c1. The predicted octanol–water partition coefficient (Wildman–Crippen LogP) is 5.27. The molecule has 0 aliphatic heterocycles. The minimum absolute atomic E-state index is 0.0232. The zero-order chi connectivity index (χ0) is 20.1. The Morgan fingerprint density at radius 2 is 1.93 bits per heavy atom. The molecule has 0 spiro atoms. The summed E-state index contributed by atoms with van der Waals surface area (Å²) in [7, 11) is 1.30. The van der Waals surface area contributed by atoms with Crippen LogP contribution in [0.3, 0.4) is 0 Å². The molecule has 0 amide bonds. The van der Waals surface area contributed by atoms with Crippen molar-refractivity contribution in [2.45, 2.75) is 18.5 Å². The maximum atomic E-state index is 12.5.